The highest BCUT2D eigenvalue weighted by Crippen LogP contribution is 2.10. The van der Waals surface area contributed by atoms with Crippen LogP contribution in [0.25, 0.3) is 0 Å². The van der Waals surface area contributed by atoms with Crippen LogP contribution in [0.1, 0.15) is 77.6 Å². The molecule has 3 nitrogen and oxygen atoms in total. The van der Waals surface area contributed by atoms with Gasteiger partial charge in [-0.1, -0.05) is 58.3 Å². The average Bonchev–Trinajstić information content (AvgIpc) is 2.37. The van der Waals surface area contributed by atoms with Gasteiger partial charge in [-0.15, -0.1) is 0 Å². The quantitative estimate of drug-likeness (QED) is 0.393. The van der Waals surface area contributed by atoms with E-state index in [1.165, 1.54) is 44.9 Å². The lowest BCUT2D eigenvalue weighted by molar-refractivity contribution is -0.143. The summed E-state index contributed by atoms with van der Waals surface area (Å²) >= 11 is 0. The Morgan fingerprint density at radius 2 is 1.53 bits per heavy atom. The summed E-state index contributed by atoms with van der Waals surface area (Å²) in [5.74, 6) is -0.159. The fourth-order valence-electron chi connectivity index (χ4n) is 1.86. The van der Waals surface area contributed by atoms with Crippen LogP contribution in [-0.4, -0.2) is 12.6 Å². The Morgan fingerprint density at radius 1 is 1.00 bits per heavy atom. The van der Waals surface area contributed by atoms with Gasteiger partial charge in [-0.05, 0) is 6.42 Å². The standard InChI is InChI=1S/C15H27NO2.H2S/c1-2-3-4-5-6-7-8-9-10-12-15(17)18-14-11-13-16;/h2-12,14H2,1H3;1H2. The molecule has 0 bridgehead atoms. The van der Waals surface area contributed by atoms with Crippen molar-refractivity contribution >= 4 is 19.5 Å². The van der Waals surface area contributed by atoms with Crippen LogP contribution in [0, 0.1) is 11.3 Å². The number of rotatable bonds is 12. The Bertz CT molecular complexity index is 239. The number of ether oxygens (including phenoxy) is 1. The Balaban J connectivity index is 0. The van der Waals surface area contributed by atoms with Crippen LogP contribution in [0.3, 0.4) is 0 Å². The highest BCUT2D eigenvalue weighted by molar-refractivity contribution is 7.59. The van der Waals surface area contributed by atoms with Crippen molar-refractivity contribution in [2.75, 3.05) is 6.61 Å². The van der Waals surface area contributed by atoms with Crippen molar-refractivity contribution < 1.29 is 9.53 Å². The van der Waals surface area contributed by atoms with Gasteiger partial charge in [0, 0.05) is 6.42 Å². The lowest BCUT2D eigenvalue weighted by Gasteiger charge is -2.03. The molecule has 0 atom stereocenters. The molecule has 0 heterocycles. The summed E-state index contributed by atoms with van der Waals surface area (Å²) in [6, 6.07) is 1.95. The summed E-state index contributed by atoms with van der Waals surface area (Å²) in [7, 11) is 0. The van der Waals surface area contributed by atoms with Gasteiger partial charge in [-0.25, -0.2) is 0 Å². The van der Waals surface area contributed by atoms with Gasteiger partial charge in [0.25, 0.3) is 0 Å². The van der Waals surface area contributed by atoms with E-state index in [1.807, 2.05) is 6.07 Å². The molecule has 0 unspecified atom stereocenters. The molecule has 0 saturated carbocycles. The molecular weight excluding hydrogens is 258 g/mol. The minimum absolute atomic E-state index is 0. The first-order chi connectivity index (χ1) is 8.81. The molecule has 0 radical (unpaired) electrons. The lowest BCUT2D eigenvalue weighted by Crippen LogP contribution is -2.04. The largest absolute Gasteiger partial charge is 0.465 e. The zero-order valence-corrected chi connectivity index (χ0v) is 13.2. The third-order valence-corrected chi connectivity index (χ3v) is 2.96. The first-order valence-electron chi connectivity index (χ1n) is 7.33. The molecule has 4 heteroatoms. The maximum absolute atomic E-state index is 11.2. The Labute approximate surface area is 125 Å². The van der Waals surface area contributed by atoms with Gasteiger partial charge in [0.15, 0.2) is 0 Å². The molecule has 0 aliphatic carbocycles. The van der Waals surface area contributed by atoms with Gasteiger partial charge in [0.1, 0.15) is 6.61 Å². The Kier molecular flexibility index (Phi) is 18.8. The van der Waals surface area contributed by atoms with Gasteiger partial charge >= 0.3 is 5.97 Å². The van der Waals surface area contributed by atoms with Gasteiger partial charge in [-0.2, -0.15) is 18.8 Å². The van der Waals surface area contributed by atoms with Gasteiger partial charge in [-0.3, -0.25) is 4.79 Å². The smallest absolute Gasteiger partial charge is 0.305 e. The van der Waals surface area contributed by atoms with Crippen LogP contribution in [0.4, 0.5) is 0 Å². The van der Waals surface area contributed by atoms with Gasteiger partial charge < -0.3 is 4.74 Å². The number of unbranched alkanes of at least 4 members (excludes halogenated alkanes) is 8. The minimum atomic E-state index is -0.159. The third kappa shape index (κ3) is 17.3. The summed E-state index contributed by atoms with van der Waals surface area (Å²) in [4.78, 5) is 11.2. The molecule has 0 spiro atoms. The molecule has 0 amide bonds. The van der Waals surface area contributed by atoms with Gasteiger partial charge in [0.05, 0.1) is 12.5 Å². The Morgan fingerprint density at radius 3 is 2.05 bits per heavy atom. The normalized spacial score (nSPS) is 9.47. The predicted molar refractivity (Wildman–Crippen MR) is 83.4 cm³/mol. The fourth-order valence-corrected chi connectivity index (χ4v) is 1.86. The SMILES string of the molecule is CCCCCCCCCCCC(=O)OCCC#N.S. The zero-order chi connectivity index (χ0) is 13.5. The summed E-state index contributed by atoms with van der Waals surface area (Å²) in [5, 5.41) is 8.29. The number of carbonyl (C=O) groups excluding carboxylic acids is 1. The number of carbonyl (C=O) groups is 1. The van der Waals surface area contributed by atoms with E-state index in [1.54, 1.807) is 0 Å². The molecule has 0 aliphatic rings. The maximum atomic E-state index is 11.2. The lowest BCUT2D eigenvalue weighted by atomic mass is 10.1. The zero-order valence-electron chi connectivity index (χ0n) is 12.2. The maximum Gasteiger partial charge on any atom is 0.305 e. The van der Waals surface area contributed by atoms with E-state index < -0.39 is 0 Å². The first-order valence-corrected chi connectivity index (χ1v) is 7.33. The second kappa shape index (κ2) is 17.3. The number of hydrogen-bond donors (Lipinski definition) is 0. The van der Waals surface area contributed by atoms with Crippen LogP contribution in [0.2, 0.25) is 0 Å². The Hall–Kier alpha value is -0.690. The molecular formula is C15H29NO2S. The number of esters is 1. The van der Waals surface area contributed by atoms with E-state index in [0.29, 0.717) is 12.8 Å². The van der Waals surface area contributed by atoms with Crippen molar-refractivity contribution in [3.63, 3.8) is 0 Å². The highest BCUT2D eigenvalue weighted by atomic mass is 32.1. The average molecular weight is 287 g/mol. The molecule has 0 aromatic rings. The molecule has 0 rings (SSSR count). The van der Waals surface area contributed by atoms with E-state index in [0.717, 1.165) is 12.8 Å². The van der Waals surface area contributed by atoms with E-state index in [-0.39, 0.29) is 26.1 Å². The van der Waals surface area contributed by atoms with Crippen molar-refractivity contribution in [2.45, 2.75) is 77.6 Å². The van der Waals surface area contributed by atoms with E-state index in [9.17, 15) is 4.79 Å². The van der Waals surface area contributed by atoms with Crippen molar-refractivity contribution in [1.82, 2.24) is 0 Å². The summed E-state index contributed by atoms with van der Waals surface area (Å²) in [5.41, 5.74) is 0. The van der Waals surface area contributed by atoms with E-state index >= 15 is 0 Å². The van der Waals surface area contributed by atoms with Crippen LogP contribution >= 0.6 is 13.5 Å². The molecule has 19 heavy (non-hydrogen) atoms. The van der Waals surface area contributed by atoms with Crippen LogP contribution in [0.15, 0.2) is 0 Å². The van der Waals surface area contributed by atoms with Crippen molar-refractivity contribution in [3.05, 3.63) is 0 Å². The fraction of sp³-hybridized carbons (Fsp3) is 0.867. The highest BCUT2D eigenvalue weighted by Gasteiger charge is 2.01. The second-order valence-electron chi connectivity index (χ2n) is 4.71. The van der Waals surface area contributed by atoms with E-state index in [4.69, 9.17) is 10.00 Å². The number of hydrogen-bond acceptors (Lipinski definition) is 3. The van der Waals surface area contributed by atoms with Crippen molar-refractivity contribution in [1.29, 1.82) is 5.26 Å². The van der Waals surface area contributed by atoms with Crippen LogP contribution in [0.5, 0.6) is 0 Å². The van der Waals surface area contributed by atoms with E-state index in [2.05, 4.69) is 6.92 Å². The summed E-state index contributed by atoms with van der Waals surface area (Å²) < 4.78 is 4.89. The molecule has 0 aromatic heterocycles. The molecule has 0 fully saturated rings. The first kappa shape index (κ1) is 20.6. The number of nitriles is 1. The summed E-state index contributed by atoms with van der Waals surface area (Å²) in [6.45, 7) is 2.47. The topological polar surface area (TPSA) is 50.1 Å². The van der Waals surface area contributed by atoms with Crippen LogP contribution < -0.4 is 0 Å². The van der Waals surface area contributed by atoms with Crippen LogP contribution in [-0.2, 0) is 9.53 Å². The predicted octanol–water partition coefficient (Wildman–Crippen LogP) is 4.48. The molecule has 0 aromatic carbocycles. The molecule has 0 N–H and O–H groups in total. The molecule has 0 aliphatic heterocycles. The van der Waals surface area contributed by atoms with Crippen molar-refractivity contribution in [2.24, 2.45) is 0 Å². The number of nitrogens with zero attached hydrogens (tertiary/aromatic N) is 1. The third-order valence-electron chi connectivity index (χ3n) is 2.96. The molecule has 112 valence electrons. The second-order valence-corrected chi connectivity index (χ2v) is 4.71. The minimum Gasteiger partial charge on any atom is -0.465 e. The summed E-state index contributed by atoms with van der Waals surface area (Å²) in [6.07, 6.45) is 12.0. The van der Waals surface area contributed by atoms with Crippen molar-refractivity contribution in [3.8, 4) is 6.07 Å². The molecule has 0 saturated heterocycles. The monoisotopic (exact) mass is 287 g/mol. The van der Waals surface area contributed by atoms with Gasteiger partial charge in [0.2, 0.25) is 0 Å².